The Hall–Kier alpha value is -0.630. The maximum Gasteiger partial charge on any atom is 0.104 e. The number of benzene rings is 1. The quantitative estimate of drug-likeness (QED) is 0.717. The van der Waals surface area contributed by atoms with Gasteiger partial charge in [-0.3, -0.25) is 0 Å². The Bertz CT molecular complexity index is 490. The average molecular weight is 304 g/mol. The molecule has 0 saturated carbocycles. The molecule has 1 aromatic carbocycles. The van der Waals surface area contributed by atoms with Gasteiger partial charge in [0.05, 0.1) is 6.26 Å². The summed E-state index contributed by atoms with van der Waals surface area (Å²) in [5.41, 5.74) is 0.683. The first-order valence-corrected chi connectivity index (χ1v) is 7.05. The molecular formula is C14H13Cl3O. The zero-order valence-electron chi connectivity index (χ0n) is 9.70. The monoisotopic (exact) mass is 302 g/mol. The van der Waals surface area contributed by atoms with Gasteiger partial charge < -0.3 is 4.42 Å². The molecule has 0 saturated heterocycles. The fourth-order valence-corrected chi connectivity index (χ4v) is 2.93. The van der Waals surface area contributed by atoms with E-state index in [1.807, 2.05) is 36.4 Å². The van der Waals surface area contributed by atoms with Gasteiger partial charge in [0.25, 0.3) is 0 Å². The molecule has 0 aliphatic heterocycles. The summed E-state index contributed by atoms with van der Waals surface area (Å²) in [6.07, 6.45) is 2.31. The molecule has 0 amide bonds. The lowest BCUT2D eigenvalue weighted by molar-refractivity contribution is 0.437. The van der Waals surface area contributed by atoms with E-state index in [0.29, 0.717) is 23.2 Å². The van der Waals surface area contributed by atoms with Crippen LogP contribution in [0.2, 0.25) is 5.02 Å². The molecule has 0 radical (unpaired) electrons. The van der Waals surface area contributed by atoms with Crippen molar-refractivity contribution < 1.29 is 4.42 Å². The second-order valence-corrected chi connectivity index (χ2v) is 5.29. The second kappa shape index (κ2) is 6.01. The number of rotatable bonds is 5. The van der Waals surface area contributed by atoms with Gasteiger partial charge in [-0.05, 0) is 29.8 Å². The Labute approximate surface area is 122 Å². The first kappa shape index (κ1) is 13.8. The lowest BCUT2D eigenvalue weighted by Crippen LogP contribution is -2.33. The van der Waals surface area contributed by atoms with Crippen LogP contribution < -0.4 is 0 Å². The van der Waals surface area contributed by atoms with Crippen LogP contribution in [0.3, 0.4) is 0 Å². The van der Waals surface area contributed by atoms with Crippen molar-refractivity contribution in [2.24, 2.45) is 0 Å². The molecule has 18 heavy (non-hydrogen) atoms. The van der Waals surface area contributed by atoms with Gasteiger partial charge in [-0.25, -0.2) is 0 Å². The highest BCUT2D eigenvalue weighted by atomic mass is 35.5. The molecule has 96 valence electrons. The zero-order valence-corrected chi connectivity index (χ0v) is 12.0. The molecule has 0 unspecified atom stereocenters. The first-order chi connectivity index (χ1) is 8.70. The first-order valence-electron chi connectivity index (χ1n) is 5.60. The molecule has 1 nitrogen and oxygen atoms in total. The molecule has 0 bridgehead atoms. The van der Waals surface area contributed by atoms with Crippen molar-refractivity contribution in [1.29, 1.82) is 0 Å². The maximum atomic E-state index is 6.16. The summed E-state index contributed by atoms with van der Waals surface area (Å²) in [6, 6.07) is 11.5. The Kier molecular flexibility index (Phi) is 4.60. The highest BCUT2D eigenvalue weighted by molar-refractivity contribution is 6.30. The molecule has 0 spiro atoms. The molecule has 0 atom stereocenters. The van der Waals surface area contributed by atoms with Crippen LogP contribution in [-0.4, -0.2) is 11.8 Å². The lowest BCUT2D eigenvalue weighted by Gasteiger charge is -2.29. The smallest absolute Gasteiger partial charge is 0.104 e. The minimum atomic E-state index is -0.355. The van der Waals surface area contributed by atoms with Gasteiger partial charge in [0.2, 0.25) is 0 Å². The normalized spacial score (nSPS) is 11.7. The number of hydrogen-bond donors (Lipinski definition) is 0. The van der Waals surface area contributed by atoms with Crippen molar-refractivity contribution in [2.45, 2.75) is 11.8 Å². The van der Waals surface area contributed by atoms with Crippen LogP contribution in [-0.2, 0) is 11.8 Å². The zero-order chi connectivity index (χ0) is 13.0. The van der Waals surface area contributed by atoms with Crippen LogP contribution in [0.25, 0.3) is 0 Å². The summed E-state index contributed by atoms with van der Waals surface area (Å²) in [4.78, 5) is 0. The summed E-state index contributed by atoms with van der Waals surface area (Å²) < 4.78 is 5.39. The largest absolute Gasteiger partial charge is 0.469 e. The molecule has 2 aromatic rings. The predicted octanol–water partition coefficient (Wildman–Crippen LogP) is 4.89. The van der Waals surface area contributed by atoms with Crippen LogP contribution in [0.5, 0.6) is 0 Å². The SMILES string of the molecule is ClCC(CCl)(Cc1ccco1)c1cccc(Cl)c1. The molecule has 0 aliphatic rings. The van der Waals surface area contributed by atoms with E-state index in [4.69, 9.17) is 39.2 Å². The van der Waals surface area contributed by atoms with Gasteiger partial charge >= 0.3 is 0 Å². The fraction of sp³-hybridized carbons (Fsp3) is 0.286. The van der Waals surface area contributed by atoms with E-state index in [1.165, 1.54) is 0 Å². The van der Waals surface area contributed by atoms with Crippen LogP contribution in [0, 0.1) is 0 Å². The number of halogens is 3. The molecule has 4 heteroatoms. The summed E-state index contributed by atoms with van der Waals surface area (Å²) in [5, 5.41) is 0.687. The molecule has 0 N–H and O–H groups in total. The van der Waals surface area contributed by atoms with Gasteiger partial charge in [-0.15, -0.1) is 23.2 Å². The van der Waals surface area contributed by atoms with Crippen molar-refractivity contribution in [1.82, 2.24) is 0 Å². The van der Waals surface area contributed by atoms with Crippen LogP contribution in [0.15, 0.2) is 47.1 Å². The van der Waals surface area contributed by atoms with Crippen LogP contribution in [0.4, 0.5) is 0 Å². The minimum absolute atomic E-state index is 0.355. The van der Waals surface area contributed by atoms with E-state index < -0.39 is 0 Å². The molecule has 0 aliphatic carbocycles. The van der Waals surface area contributed by atoms with E-state index in [1.54, 1.807) is 6.26 Å². The van der Waals surface area contributed by atoms with Crippen molar-refractivity contribution >= 4 is 34.8 Å². The molecule has 1 heterocycles. The number of furan rings is 1. The van der Waals surface area contributed by atoms with E-state index in [2.05, 4.69) is 0 Å². The lowest BCUT2D eigenvalue weighted by atomic mass is 9.80. The summed E-state index contributed by atoms with van der Waals surface area (Å²) in [5.74, 6) is 1.70. The Morgan fingerprint density at radius 1 is 1.06 bits per heavy atom. The second-order valence-electron chi connectivity index (χ2n) is 4.31. The topological polar surface area (TPSA) is 13.1 Å². The van der Waals surface area contributed by atoms with E-state index in [0.717, 1.165) is 11.3 Å². The van der Waals surface area contributed by atoms with Crippen molar-refractivity contribution in [3.05, 3.63) is 59.0 Å². The van der Waals surface area contributed by atoms with Gasteiger partial charge in [-0.1, -0.05) is 23.7 Å². The third kappa shape index (κ3) is 2.85. The number of alkyl halides is 2. The van der Waals surface area contributed by atoms with Crippen LogP contribution in [0.1, 0.15) is 11.3 Å². The fourth-order valence-electron chi connectivity index (χ4n) is 1.95. The summed E-state index contributed by atoms with van der Waals surface area (Å²) in [6.45, 7) is 0. The van der Waals surface area contributed by atoms with Gasteiger partial charge in [0, 0.05) is 28.6 Å². The van der Waals surface area contributed by atoms with E-state index in [9.17, 15) is 0 Å². The summed E-state index contributed by atoms with van der Waals surface area (Å²) in [7, 11) is 0. The third-order valence-corrected chi connectivity index (χ3v) is 4.30. The Morgan fingerprint density at radius 3 is 2.39 bits per heavy atom. The molecular weight excluding hydrogens is 291 g/mol. The Morgan fingerprint density at radius 2 is 1.83 bits per heavy atom. The van der Waals surface area contributed by atoms with Gasteiger partial charge in [-0.2, -0.15) is 0 Å². The number of hydrogen-bond acceptors (Lipinski definition) is 1. The van der Waals surface area contributed by atoms with E-state index in [-0.39, 0.29) is 5.41 Å². The van der Waals surface area contributed by atoms with E-state index >= 15 is 0 Å². The highest BCUT2D eigenvalue weighted by Gasteiger charge is 2.32. The molecule has 0 fully saturated rings. The summed E-state index contributed by atoms with van der Waals surface area (Å²) >= 11 is 18.4. The maximum absolute atomic E-state index is 6.16. The van der Waals surface area contributed by atoms with Crippen molar-refractivity contribution in [3.8, 4) is 0 Å². The predicted molar refractivity (Wildman–Crippen MR) is 77.0 cm³/mol. The average Bonchev–Trinajstić information content (AvgIpc) is 2.89. The van der Waals surface area contributed by atoms with Gasteiger partial charge in [0.15, 0.2) is 0 Å². The Balaban J connectivity index is 2.37. The van der Waals surface area contributed by atoms with Crippen LogP contribution >= 0.6 is 34.8 Å². The molecule has 1 aromatic heterocycles. The highest BCUT2D eigenvalue weighted by Crippen LogP contribution is 2.33. The van der Waals surface area contributed by atoms with Crippen molar-refractivity contribution in [3.63, 3.8) is 0 Å². The minimum Gasteiger partial charge on any atom is -0.469 e. The van der Waals surface area contributed by atoms with Gasteiger partial charge in [0.1, 0.15) is 5.76 Å². The standard InChI is InChI=1S/C14H13Cl3O/c15-9-14(10-16,8-13-5-2-6-18-13)11-3-1-4-12(17)7-11/h1-7H,8-10H2. The third-order valence-electron chi connectivity index (χ3n) is 3.04. The molecule has 2 rings (SSSR count). The van der Waals surface area contributed by atoms with Crippen molar-refractivity contribution in [2.75, 3.05) is 11.8 Å².